The van der Waals surface area contributed by atoms with Crippen molar-refractivity contribution in [1.82, 2.24) is 15.5 Å². The topological polar surface area (TPSA) is 53.6 Å². The Balaban J connectivity index is 1.56. The first-order valence-electron chi connectivity index (χ1n) is 8.22. The lowest BCUT2D eigenvalue weighted by atomic mass is 9.95. The van der Waals surface area contributed by atoms with Gasteiger partial charge in [0.25, 0.3) is 0 Å². The lowest BCUT2D eigenvalue weighted by Crippen LogP contribution is -2.60. The normalized spacial score (nSPS) is 34.8. The van der Waals surface area contributed by atoms with E-state index in [1.54, 1.807) is 0 Å². The minimum absolute atomic E-state index is 0.0227. The van der Waals surface area contributed by atoms with Gasteiger partial charge in [-0.2, -0.15) is 11.8 Å². The molecule has 3 fully saturated rings. The Morgan fingerprint density at radius 2 is 2.24 bits per heavy atom. The van der Waals surface area contributed by atoms with E-state index in [0.29, 0.717) is 0 Å². The molecule has 0 aromatic carbocycles. The number of thioether (sulfide) groups is 1. The van der Waals surface area contributed by atoms with E-state index in [4.69, 9.17) is 4.74 Å². The van der Waals surface area contributed by atoms with E-state index in [0.717, 1.165) is 58.0 Å². The van der Waals surface area contributed by atoms with Crippen molar-refractivity contribution in [2.24, 2.45) is 0 Å². The standard InChI is InChI=1S/C15H27N3O2S/c19-14(13-3-1-2-5-16-13)17-11-15(4-10-21-12-15)18-6-8-20-9-7-18/h13,16H,1-12H2,(H,17,19). The van der Waals surface area contributed by atoms with Gasteiger partial charge in [-0.05, 0) is 31.6 Å². The molecule has 0 spiro atoms. The molecule has 3 rings (SSSR count). The van der Waals surface area contributed by atoms with Gasteiger partial charge in [-0.25, -0.2) is 0 Å². The second-order valence-corrected chi connectivity index (χ2v) is 7.45. The zero-order valence-corrected chi connectivity index (χ0v) is 13.6. The molecule has 2 N–H and O–H groups in total. The first kappa shape index (κ1) is 15.6. The van der Waals surface area contributed by atoms with Crippen molar-refractivity contribution in [3.63, 3.8) is 0 Å². The summed E-state index contributed by atoms with van der Waals surface area (Å²) < 4.78 is 5.48. The highest BCUT2D eigenvalue weighted by Crippen LogP contribution is 2.33. The summed E-state index contributed by atoms with van der Waals surface area (Å²) >= 11 is 2.01. The van der Waals surface area contributed by atoms with Gasteiger partial charge in [0.15, 0.2) is 0 Å². The lowest BCUT2D eigenvalue weighted by molar-refractivity contribution is -0.124. The fourth-order valence-electron chi connectivity index (χ4n) is 3.59. The summed E-state index contributed by atoms with van der Waals surface area (Å²) in [7, 11) is 0. The van der Waals surface area contributed by atoms with Crippen molar-refractivity contribution in [1.29, 1.82) is 0 Å². The Labute approximate surface area is 131 Å². The van der Waals surface area contributed by atoms with Crippen molar-refractivity contribution in [3.05, 3.63) is 0 Å². The molecule has 2 atom stereocenters. The first-order valence-corrected chi connectivity index (χ1v) is 9.37. The smallest absolute Gasteiger partial charge is 0.237 e. The molecular weight excluding hydrogens is 286 g/mol. The van der Waals surface area contributed by atoms with Crippen LogP contribution in [0, 0.1) is 0 Å². The SMILES string of the molecule is O=C(NCC1(N2CCOCC2)CCSC1)C1CCCCN1. The number of carbonyl (C=O) groups is 1. The highest BCUT2D eigenvalue weighted by molar-refractivity contribution is 7.99. The Hall–Kier alpha value is -0.300. The molecule has 120 valence electrons. The van der Waals surface area contributed by atoms with Crippen molar-refractivity contribution < 1.29 is 9.53 Å². The Morgan fingerprint density at radius 1 is 1.38 bits per heavy atom. The second-order valence-electron chi connectivity index (χ2n) is 6.35. The van der Waals surface area contributed by atoms with E-state index in [1.807, 2.05) is 11.8 Å². The van der Waals surface area contributed by atoms with Gasteiger partial charge in [-0.1, -0.05) is 6.42 Å². The molecule has 0 aromatic heterocycles. The van der Waals surface area contributed by atoms with E-state index >= 15 is 0 Å². The predicted octanol–water partition coefficient (Wildman–Crippen LogP) is 0.453. The predicted molar refractivity (Wildman–Crippen MR) is 85.7 cm³/mol. The second kappa shape index (κ2) is 7.31. The minimum Gasteiger partial charge on any atom is -0.379 e. The van der Waals surface area contributed by atoms with Crippen LogP contribution in [0.2, 0.25) is 0 Å². The summed E-state index contributed by atoms with van der Waals surface area (Å²) in [5, 5.41) is 6.57. The fourth-order valence-corrected chi connectivity index (χ4v) is 5.06. The highest BCUT2D eigenvalue weighted by Gasteiger charge is 2.41. The van der Waals surface area contributed by atoms with Gasteiger partial charge >= 0.3 is 0 Å². The van der Waals surface area contributed by atoms with E-state index in [1.165, 1.54) is 18.6 Å². The minimum atomic E-state index is 0.0227. The number of piperidine rings is 1. The van der Waals surface area contributed by atoms with E-state index in [-0.39, 0.29) is 17.5 Å². The molecule has 0 aromatic rings. The van der Waals surface area contributed by atoms with Crippen molar-refractivity contribution >= 4 is 17.7 Å². The van der Waals surface area contributed by atoms with Crippen LogP contribution in [0.4, 0.5) is 0 Å². The molecule has 0 aliphatic carbocycles. The van der Waals surface area contributed by atoms with E-state index in [2.05, 4.69) is 15.5 Å². The van der Waals surface area contributed by atoms with Crippen LogP contribution in [0.25, 0.3) is 0 Å². The van der Waals surface area contributed by atoms with Gasteiger partial charge in [0.05, 0.1) is 19.3 Å². The summed E-state index contributed by atoms with van der Waals surface area (Å²) in [6.45, 7) is 5.41. The number of morpholine rings is 1. The molecule has 3 aliphatic rings. The number of rotatable bonds is 4. The number of carbonyl (C=O) groups excluding carboxylic acids is 1. The van der Waals surface area contributed by atoms with Crippen LogP contribution in [0.15, 0.2) is 0 Å². The molecule has 3 aliphatic heterocycles. The van der Waals surface area contributed by atoms with Gasteiger partial charge in [-0.15, -0.1) is 0 Å². The summed E-state index contributed by atoms with van der Waals surface area (Å²) in [6, 6.07) is 0.0227. The van der Waals surface area contributed by atoms with Gasteiger partial charge in [0.1, 0.15) is 0 Å². The van der Waals surface area contributed by atoms with Crippen LogP contribution < -0.4 is 10.6 Å². The third-order valence-corrected chi connectivity index (χ3v) is 6.22. The average molecular weight is 313 g/mol. The Kier molecular flexibility index (Phi) is 5.43. The molecule has 3 saturated heterocycles. The molecule has 5 nitrogen and oxygen atoms in total. The summed E-state index contributed by atoms with van der Waals surface area (Å²) in [5.74, 6) is 2.53. The van der Waals surface area contributed by atoms with Gasteiger partial charge < -0.3 is 15.4 Å². The molecule has 21 heavy (non-hydrogen) atoms. The Bertz CT molecular complexity index is 349. The average Bonchev–Trinajstić information content (AvgIpc) is 3.04. The largest absolute Gasteiger partial charge is 0.379 e. The van der Waals surface area contributed by atoms with Gasteiger partial charge in [0.2, 0.25) is 5.91 Å². The first-order chi connectivity index (χ1) is 10.3. The molecule has 0 radical (unpaired) electrons. The molecular formula is C15H27N3O2S. The number of ether oxygens (including phenoxy) is 1. The quantitative estimate of drug-likeness (QED) is 0.789. The number of hydrogen-bond acceptors (Lipinski definition) is 5. The molecule has 0 bridgehead atoms. The zero-order valence-electron chi connectivity index (χ0n) is 12.7. The van der Waals surface area contributed by atoms with Gasteiger partial charge in [-0.3, -0.25) is 9.69 Å². The third-order valence-electron chi connectivity index (χ3n) is 4.98. The van der Waals surface area contributed by atoms with Crippen molar-refractivity contribution in [2.75, 3.05) is 50.9 Å². The van der Waals surface area contributed by atoms with Crippen LogP contribution in [0.1, 0.15) is 25.7 Å². The van der Waals surface area contributed by atoms with Crippen LogP contribution >= 0.6 is 11.8 Å². The molecule has 1 amide bonds. The number of nitrogens with zero attached hydrogens (tertiary/aromatic N) is 1. The maximum absolute atomic E-state index is 12.4. The summed E-state index contributed by atoms with van der Waals surface area (Å²) in [5.41, 5.74) is 0.152. The van der Waals surface area contributed by atoms with Crippen molar-refractivity contribution in [2.45, 2.75) is 37.3 Å². The molecule has 3 heterocycles. The van der Waals surface area contributed by atoms with Crippen LogP contribution in [-0.4, -0.2) is 73.3 Å². The monoisotopic (exact) mass is 313 g/mol. The van der Waals surface area contributed by atoms with Crippen LogP contribution in [0.3, 0.4) is 0 Å². The van der Waals surface area contributed by atoms with E-state index in [9.17, 15) is 4.79 Å². The van der Waals surface area contributed by atoms with Crippen LogP contribution in [-0.2, 0) is 9.53 Å². The fraction of sp³-hybridized carbons (Fsp3) is 0.933. The molecule has 0 saturated carbocycles. The summed E-state index contributed by atoms with van der Waals surface area (Å²) in [4.78, 5) is 14.9. The lowest BCUT2D eigenvalue weighted by Gasteiger charge is -2.43. The maximum atomic E-state index is 12.4. The van der Waals surface area contributed by atoms with Gasteiger partial charge in [0, 0.05) is 30.9 Å². The Morgan fingerprint density at radius 3 is 2.90 bits per heavy atom. The molecule has 6 heteroatoms. The van der Waals surface area contributed by atoms with Crippen LogP contribution in [0.5, 0.6) is 0 Å². The highest BCUT2D eigenvalue weighted by atomic mass is 32.2. The maximum Gasteiger partial charge on any atom is 0.237 e. The van der Waals surface area contributed by atoms with E-state index < -0.39 is 0 Å². The summed E-state index contributed by atoms with van der Waals surface area (Å²) in [6.07, 6.45) is 4.51. The third kappa shape index (κ3) is 3.73. The number of nitrogens with one attached hydrogen (secondary N) is 2. The molecule has 2 unspecified atom stereocenters. The number of hydrogen-bond donors (Lipinski definition) is 2. The number of amides is 1. The zero-order chi connectivity index (χ0) is 14.5. The van der Waals surface area contributed by atoms with Crippen molar-refractivity contribution in [3.8, 4) is 0 Å².